The number of aromatic nitrogens is 3. The summed E-state index contributed by atoms with van der Waals surface area (Å²) in [5.74, 6) is -0.0680. The van der Waals surface area contributed by atoms with E-state index in [-0.39, 0.29) is 30.4 Å². The fourth-order valence-electron chi connectivity index (χ4n) is 4.93. The van der Waals surface area contributed by atoms with Crippen LogP contribution >= 0.6 is 0 Å². The molecule has 0 aromatic carbocycles. The molecule has 0 saturated carbocycles. The van der Waals surface area contributed by atoms with Crippen molar-refractivity contribution >= 4 is 40.4 Å². The van der Waals surface area contributed by atoms with Gasteiger partial charge in [-0.15, -0.1) is 0 Å². The Hall–Kier alpha value is -4.12. The second kappa shape index (κ2) is 9.50. The zero-order valence-corrected chi connectivity index (χ0v) is 20.3. The molecule has 3 aromatic heterocycles. The highest BCUT2D eigenvalue weighted by atomic mass is 16.2. The number of hydrogen-bond donors (Lipinski definition) is 2. The Kier molecular flexibility index (Phi) is 6.23. The zero-order chi connectivity index (χ0) is 25.4. The third-order valence-electron chi connectivity index (χ3n) is 6.61. The third-order valence-corrected chi connectivity index (χ3v) is 6.61. The first kappa shape index (κ1) is 23.6. The van der Waals surface area contributed by atoms with E-state index in [2.05, 4.69) is 15.3 Å². The molecule has 0 atom stereocenters. The number of fused-ring (bicyclic) bond motifs is 3. The molecule has 2 aliphatic heterocycles. The first-order valence-corrected chi connectivity index (χ1v) is 11.9. The number of primary amides is 1. The molecule has 3 N–H and O–H groups in total. The molecule has 0 aliphatic carbocycles. The van der Waals surface area contributed by atoms with Crippen LogP contribution in [0.2, 0.25) is 0 Å². The molecule has 0 bridgehead atoms. The van der Waals surface area contributed by atoms with E-state index in [0.717, 1.165) is 29.7 Å². The van der Waals surface area contributed by atoms with Crippen LogP contribution in [0.3, 0.4) is 0 Å². The van der Waals surface area contributed by atoms with Crippen LogP contribution < -0.4 is 16.0 Å². The Balaban J connectivity index is 1.52. The number of urea groups is 1. The quantitative estimate of drug-likeness (QED) is 0.560. The van der Waals surface area contributed by atoms with Crippen LogP contribution in [0.4, 0.5) is 16.3 Å². The lowest BCUT2D eigenvalue weighted by Crippen LogP contribution is -2.54. The van der Waals surface area contributed by atoms with Crippen molar-refractivity contribution in [3.63, 3.8) is 0 Å². The van der Waals surface area contributed by atoms with Crippen LogP contribution in [-0.4, -0.2) is 75.3 Å². The molecule has 4 amide bonds. The zero-order valence-electron chi connectivity index (χ0n) is 20.3. The summed E-state index contributed by atoms with van der Waals surface area (Å²) in [5.41, 5.74) is 9.95. The summed E-state index contributed by atoms with van der Waals surface area (Å²) in [4.78, 5) is 55.5. The molecule has 36 heavy (non-hydrogen) atoms. The Morgan fingerprint density at radius 1 is 1.11 bits per heavy atom. The molecule has 186 valence electrons. The van der Waals surface area contributed by atoms with E-state index in [0.29, 0.717) is 42.2 Å². The number of anilines is 2. The maximum Gasteiger partial charge on any atom is 0.324 e. The summed E-state index contributed by atoms with van der Waals surface area (Å²) in [7, 11) is 1.79. The fraction of sp³-hybridized carbons (Fsp3) is 0.360. The number of piperidine rings is 1. The predicted molar refractivity (Wildman–Crippen MR) is 135 cm³/mol. The third kappa shape index (κ3) is 4.57. The number of nitrogens with one attached hydrogen (secondary N) is 1. The molecule has 11 nitrogen and oxygen atoms in total. The van der Waals surface area contributed by atoms with E-state index in [9.17, 15) is 14.4 Å². The van der Waals surface area contributed by atoms with Crippen molar-refractivity contribution in [2.24, 2.45) is 5.73 Å². The van der Waals surface area contributed by atoms with Gasteiger partial charge in [0.15, 0.2) is 0 Å². The van der Waals surface area contributed by atoms with Crippen LogP contribution in [0, 0.1) is 0 Å². The number of amides is 4. The minimum atomic E-state index is -0.346. The highest BCUT2D eigenvalue weighted by molar-refractivity contribution is 6.04. The van der Waals surface area contributed by atoms with Crippen molar-refractivity contribution in [2.75, 3.05) is 36.9 Å². The van der Waals surface area contributed by atoms with Gasteiger partial charge < -0.3 is 16.0 Å². The molecule has 11 heteroatoms. The number of rotatable bonds is 5. The Labute approximate surface area is 208 Å². The van der Waals surface area contributed by atoms with E-state index >= 15 is 0 Å². The van der Waals surface area contributed by atoms with Gasteiger partial charge in [-0.05, 0) is 37.1 Å². The van der Waals surface area contributed by atoms with Crippen LogP contribution in [0.25, 0.3) is 22.3 Å². The van der Waals surface area contributed by atoms with Gasteiger partial charge in [-0.25, -0.2) is 14.8 Å². The predicted octanol–water partition coefficient (Wildman–Crippen LogP) is 1.97. The first-order chi connectivity index (χ1) is 17.3. The topological polar surface area (TPSA) is 138 Å². The van der Waals surface area contributed by atoms with E-state index in [1.165, 1.54) is 6.92 Å². The van der Waals surface area contributed by atoms with Crippen molar-refractivity contribution in [2.45, 2.75) is 32.4 Å². The molecule has 1 saturated heterocycles. The maximum absolute atomic E-state index is 13.4. The van der Waals surface area contributed by atoms with Crippen LogP contribution in [-0.2, 0) is 16.1 Å². The second-order valence-electron chi connectivity index (χ2n) is 9.29. The lowest BCUT2D eigenvalue weighted by Gasteiger charge is -2.43. The largest absolute Gasteiger partial charge is 0.369 e. The number of hydrogen-bond acceptors (Lipinski definition) is 7. The smallest absolute Gasteiger partial charge is 0.324 e. The number of likely N-dealkylation sites (tertiary alicyclic amines) is 1. The van der Waals surface area contributed by atoms with Gasteiger partial charge in [-0.1, -0.05) is 0 Å². The lowest BCUT2D eigenvalue weighted by molar-refractivity contribution is -0.119. The average Bonchev–Trinajstić information content (AvgIpc) is 2.85. The van der Waals surface area contributed by atoms with Gasteiger partial charge >= 0.3 is 6.03 Å². The Morgan fingerprint density at radius 2 is 1.89 bits per heavy atom. The summed E-state index contributed by atoms with van der Waals surface area (Å²) in [6, 6.07) is 7.25. The van der Waals surface area contributed by atoms with Gasteiger partial charge in [0.25, 0.3) is 0 Å². The Morgan fingerprint density at radius 3 is 2.56 bits per heavy atom. The summed E-state index contributed by atoms with van der Waals surface area (Å²) < 4.78 is 0. The van der Waals surface area contributed by atoms with Crippen molar-refractivity contribution in [3.05, 3.63) is 42.2 Å². The van der Waals surface area contributed by atoms with Crippen LogP contribution in [0.5, 0.6) is 0 Å². The van der Waals surface area contributed by atoms with E-state index in [1.54, 1.807) is 24.2 Å². The number of nitrogens with two attached hydrogens (primary N) is 1. The van der Waals surface area contributed by atoms with E-state index < -0.39 is 0 Å². The average molecular weight is 489 g/mol. The second-order valence-corrected chi connectivity index (χ2v) is 9.29. The minimum Gasteiger partial charge on any atom is -0.369 e. The summed E-state index contributed by atoms with van der Waals surface area (Å²) in [6.07, 6.45) is 4.93. The van der Waals surface area contributed by atoms with Gasteiger partial charge in [0.1, 0.15) is 11.3 Å². The number of nitrogens with zero attached hydrogens (tertiary/aromatic N) is 6. The van der Waals surface area contributed by atoms with E-state index in [1.807, 2.05) is 34.2 Å². The molecule has 5 heterocycles. The van der Waals surface area contributed by atoms with Gasteiger partial charge in [-0.3, -0.25) is 24.4 Å². The van der Waals surface area contributed by atoms with Crippen molar-refractivity contribution in [1.82, 2.24) is 24.8 Å². The highest BCUT2D eigenvalue weighted by Crippen LogP contribution is 2.37. The number of pyridine rings is 3. The molecule has 5 rings (SSSR count). The number of carbonyl (C=O) groups excluding carboxylic acids is 3. The minimum absolute atomic E-state index is 0.0298. The highest BCUT2D eigenvalue weighted by Gasteiger charge is 2.37. The molecule has 0 radical (unpaired) electrons. The van der Waals surface area contributed by atoms with Gasteiger partial charge in [0.05, 0.1) is 30.0 Å². The molecule has 0 spiro atoms. The molecule has 3 aromatic rings. The van der Waals surface area contributed by atoms with Gasteiger partial charge in [0.2, 0.25) is 11.8 Å². The molecular formula is C25H28N8O3. The van der Waals surface area contributed by atoms with Gasteiger partial charge in [-0.2, -0.15) is 0 Å². The molecule has 0 unspecified atom stereocenters. The molecule has 2 aliphatic rings. The normalized spacial score (nSPS) is 16.8. The Bertz CT molecular complexity index is 1340. The molecule has 1 fully saturated rings. The summed E-state index contributed by atoms with van der Waals surface area (Å²) in [6.45, 7) is 3.48. The van der Waals surface area contributed by atoms with Crippen LogP contribution in [0.15, 0.2) is 36.7 Å². The fourth-order valence-corrected chi connectivity index (χ4v) is 4.93. The van der Waals surface area contributed by atoms with Crippen molar-refractivity contribution in [1.29, 1.82) is 0 Å². The SMILES string of the molecule is CC(=O)Nc1ccc(-c2ccc3ncc4c(c3n2)N(C2CCN(CC(N)=O)CC2)C(=O)N(C)C4)cn1. The number of carbonyl (C=O) groups is 3. The summed E-state index contributed by atoms with van der Waals surface area (Å²) >= 11 is 0. The van der Waals surface area contributed by atoms with Gasteiger partial charge in [0, 0.05) is 56.6 Å². The van der Waals surface area contributed by atoms with Crippen molar-refractivity contribution < 1.29 is 14.4 Å². The standard InChI is InChI=1S/C25H28N8O3/c1-15(34)29-22-6-3-16(11-28-22)19-4-5-20-23(30-19)24-17(12-27-20)13-31(2)25(36)33(24)18-7-9-32(10-8-18)14-21(26)35/h3-6,11-12,18H,7-10,13-14H2,1-2H3,(H2,26,35)(H,28,29,34). The van der Waals surface area contributed by atoms with E-state index in [4.69, 9.17) is 10.7 Å². The maximum atomic E-state index is 13.4. The van der Waals surface area contributed by atoms with Crippen LogP contribution in [0.1, 0.15) is 25.3 Å². The first-order valence-electron chi connectivity index (χ1n) is 11.9. The summed E-state index contributed by atoms with van der Waals surface area (Å²) in [5, 5.41) is 2.66. The monoisotopic (exact) mass is 488 g/mol. The molecular weight excluding hydrogens is 460 g/mol. The van der Waals surface area contributed by atoms with Crippen molar-refractivity contribution in [3.8, 4) is 11.3 Å². The lowest BCUT2D eigenvalue weighted by atomic mass is 9.99.